The molecule has 1 unspecified atom stereocenters. The quantitative estimate of drug-likeness (QED) is 0.473. The van der Waals surface area contributed by atoms with E-state index >= 15 is 0 Å². The van der Waals surface area contributed by atoms with Crippen molar-refractivity contribution in [2.24, 2.45) is 0 Å². The second-order valence-corrected chi connectivity index (χ2v) is 4.47. The molecule has 1 N–H and O–H groups in total. The van der Waals surface area contributed by atoms with E-state index < -0.39 is 5.54 Å². The maximum Gasteiger partial charge on any atom is 0.328 e. The van der Waals surface area contributed by atoms with Crippen molar-refractivity contribution in [1.29, 1.82) is 0 Å². The maximum absolute atomic E-state index is 11.6. The summed E-state index contributed by atoms with van der Waals surface area (Å²) in [6.45, 7) is 7.74. The van der Waals surface area contributed by atoms with Crippen LogP contribution < -0.4 is 5.32 Å². The predicted octanol–water partition coefficient (Wildman–Crippen LogP) is 2.12. The second-order valence-electron chi connectivity index (χ2n) is 4.47. The largest absolute Gasteiger partial charge is 0.468 e. The van der Waals surface area contributed by atoms with Crippen molar-refractivity contribution >= 4 is 5.97 Å². The minimum atomic E-state index is -0.728. The predicted molar refractivity (Wildman–Crippen MR) is 69.1 cm³/mol. The molecule has 0 aromatic heterocycles. The van der Waals surface area contributed by atoms with Crippen molar-refractivity contribution in [3.8, 4) is 0 Å². The Labute approximate surface area is 105 Å². The summed E-state index contributed by atoms with van der Waals surface area (Å²) in [6.07, 6.45) is 4.70. The Kier molecular flexibility index (Phi) is 9.09. The minimum Gasteiger partial charge on any atom is -0.468 e. The molecule has 4 nitrogen and oxygen atoms in total. The number of hydrogen-bond acceptors (Lipinski definition) is 4. The number of nitrogens with one attached hydrogen (secondary N) is 1. The molecule has 0 radical (unpaired) electrons. The monoisotopic (exact) mass is 245 g/mol. The van der Waals surface area contributed by atoms with Gasteiger partial charge in [0.15, 0.2) is 0 Å². The zero-order valence-corrected chi connectivity index (χ0v) is 11.7. The number of unbranched alkanes of at least 4 members (excludes halogenated alkanes) is 3. The summed E-state index contributed by atoms with van der Waals surface area (Å²) in [5.41, 5.74) is -0.728. The molecule has 17 heavy (non-hydrogen) atoms. The Balaban J connectivity index is 3.88. The summed E-state index contributed by atoms with van der Waals surface area (Å²) < 4.78 is 10.3. The van der Waals surface area contributed by atoms with Crippen LogP contribution in [0.1, 0.15) is 46.5 Å². The fourth-order valence-corrected chi connectivity index (χ4v) is 1.70. The SMILES string of the molecule is CCCCCCOCC(C)(NCC)C(=O)OC. The first-order chi connectivity index (χ1) is 8.10. The van der Waals surface area contributed by atoms with E-state index in [1.165, 1.54) is 26.4 Å². The highest BCUT2D eigenvalue weighted by Crippen LogP contribution is 2.08. The van der Waals surface area contributed by atoms with Crippen LogP contribution in [0.25, 0.3) is 0 Å². The van der Waals surface area contributed by atoms with Crippen LogP contribution in [0.5, 0.6) is 0 Å². The van der Waals surface area contributed by atoms with Crippen molar-refractivity contribution in [2.45, 2.75) is 52.0 Å². The maximum atomic E-state index is 11.6. The van der Waals surface area contributed by atoms with Gasteiger partial charge in [-0.15, -0.1) is 0 Å². The van der Waals surface area contributed by atoms with E-state index in [1.54, 1.807) is 0 Å². The van der Waals surface area contributed by atoms with Gasteiger partial charge in [0.2, 0.25) is 0 Å². The molecule has 0 heterocycles. The molecule has 1 atom stereocenters. The first-order valence-electron chi connectivity index (χ1n) is 6.52. The molecule has 4 heteroatoms. The van der Waals surface area contributed by atoms with Gasteiger partial charge in [0.1, 0.15) is 5.54 Å². The van der Waals surface area contributed by atoms with E-state index in [0.717, 1.165) is 6.42 Å². The van der Waals surface area contributed by atoms with Crippen LogP contribution in [0.4, 0.5) is 0 Å². The van der Waals surface area contributed by atoms with E-state index in [1.807, 2.05) is 13.8 Å². The average molecular weight is 245 g/mol. The van der Waals surface area contributed by atoms with Gasteiger partial charge in [0.05, 0.1) is 13.7 Å². The van der Waals surface area contributed by atoms with Gasteiger partial charge in [-0.25, -0.2) is 4.79 Å². The fraction of sp³-hybridized carbons (Fsp3) is 0.923. The van der Waals surface area contributed by atoms with Gasteiger partial charge in [-0.1, -0.05) is 33.1 Å². The van der Waals surface area contributed by atoms with E-state index in [2.05, 4.69) is 12.2 Å². The fourth-order valence-electron chi connectivity index (χ4n) is 1.70. The van der Waals surface area contributed by atoms with Crippen molar-refractivity contribution in [2.75, 3.05) is 26.9 Å². The van der Waals surface area contributed by atoms with Gasteiger partial charge in [-0.2, -0.15) is 0 Å². The summed E-state index contributed by atoms with van der Waals surface area (Å²) in [4.78, 5) is 11.6. The Morgan fingerprint density at radius 1 is 1.24 bits per heavy atom. The van der Waals surface area contributed by atoms with Crippen LogP contribution in [-0.4, -0.2) is 38.4 Å². The van der Waals surface area contributed by atoms with Gasteiger partial charge in [0.25, 0.3) is 0 Å². The Bertz CT molecular complexity index is 209. The number of carbonyl (C=O) groups is 1. The Hall–Kier alpha value is -0.610. The molecule has 102 valence electrons. The lowest BCUT2D eigenvalue weighted by molar-refractivity contribution is -0.150. The summed E-state index contributed by atoms with van der Waals surface area (Å²) in [7, 11) is 1.40. The number of hydrogen-bond donors (Lipinski definition) is 1. The van der Waals surface area contributed by atoms with Gasteiger partial charge in [-0.3, -0.25) is 0 Å². The van der Waals surface area contributed by atoms with E-state index in [4.69, 9.17) is 9.47 Å². The molecule has 0 rings (SSSR count). The van der Waals surface area contributed by atoms with Crippen LogP contribution >= 0.6 is 0 Å². The highest BCUT2D eigenvalue weighted by Gasteiger charge is 2.33. The molecule has 0 saturated heterocycles. The van der Waals surface area contributed by atoms with E-state index in [0.29, 0.717) is 19.8 Å². The van der Waals surface area contributed by atoms with Crippen molar-refractivity contribution in [3.05, 3.63) is 0 Å². The lowest BCUT2D eigenvalue weighted by atomic mass is 10.0. The summed E-state index contributed by atoms with van der Waals surface area (Å²) in [5.74, 6) is -0.270. The highest BCUT2D eigenvalue weighted by atomic mass is 16.5. The lowest BCUT2D eigenvalue weighted by Crippen LogP contribution is -2.53. The molecule has 0 aliphatic rings. The van der Waals surface area contributed by atoms with E-state index in [-0.39, 0.29) is 5.97 Å². The smallest absolute Gasteiger partial charge is 0.328 e. The minimum absolute atomic E-state index is 0.270. The number of rotatable bonds is 10. The number of esters is 1. The van der Waals surface area contributed by atoms with Gasteiger partial charge in [-0.05, 0) is 19.9 Å². The molecule has 0 amide bonds. The first kappa shape index (κ1) is 16.4. The average Bonchev–Trinajstić information content (AvgIpc) is 2.33. The van der Waals surface area contributed by atoms with Crippen LogP contribution in [-0.2, 0) is 14.3 Å². The third-order valence-electron chi connectivity index (χ3n) is 2.74. The topological polar surface area (TPSA) is 47.6 Å². The molecule has 0 aliphatic heterocycles. The molecule has 0 aromatic rings. The molecule has 0 fully saturated rings. The van der Waals surface area contributed by atoms with E-state index in [9.17, 15) is 4.79 Å². The highest BCUT2D eigenvalue weighted by molar-refractivity contribution is 5.80. The van der Waals surface area contributed by atoms with Crippen LogP contribution in [0, 0.1) is 0 Å². The third-order valence-corrected chi connectivity index (χ3v) is 2.74. The number of methoxy groups -OCH3 is 1. The Morgan fingerprint density at radius 3 is 2.47 bits per heavy atom. The number of carbonyl (C=O) groups excluding carboxylic acids is 1. The summed E-state index contributed by atoms with van der Waals surface area (Å²) in [6, 6.07) is 0. The van der Waals surface area contributed by atoms with Crippen molar-refractivity contribution < 1.29 is 14.3 Å². The standard InChI is InChI=1S/C13H27NO3/c1-5-7-8-9-10-17-11-13(3,14-6-2)12(15)16-4/h14H,5-11H2,1-4H3. The molecule has 0 spiro atoms. The molecular weight excluding hydrogens is 218 g/mol. The zero-order valence-electron chi connectivity index (χ0n) is 11.7. The van der Waals surface area contributed by atoms with Crippen LogP contribution in [0.3, 0.4) is 0 Å². The molecule has 0 aromatic carbocycles. The normalized spacial score (nSPS) is 14.4. The molecule has 0 saturated carbocycles. The zero-order chi connectivity index (χ0) is 13.1. The number of likely N-dealkylation sites (N-methyl/N-ethyl adjacent to an activating group) is 1. The molecule has 0 aliphatic carbocycles. The van der Waals surface area contributed by atoms with Gasteiger partial charge >= 0.3 is 5.97 Å². The van der Waals surface area contributed by atoms with Crippen LogP contribution in [0.15, 0.2) is 0 Å². The van der Waals surface area contributed by atoms with Gasteiger partial charge in [0, 0.05) is 6.61 Å². The molecular formula is C13H27NO3. The second kappa shape index (κ2) is 9.42. The lowest BCUT2D eigenvalue weighted by Gasteiger charge is -2.27. The van der Waals surface area contributed by atoms with Crippen molar-refractivity contribution in [3.63, 3.8) is 0 Å². The summed E-state index contributed by atoms with van der Waals surface area (Å²) >= 11 is 0. The summed E-state index contributed by atoms with van der Waals surface area (Å²) in [5, 5.41) is 3.11. The molecule has 0 bridgehead atoms. The third kappa shape index (κ3) is 6.64. The first-order valence-corrected chi connectivity index (χ1v) is 6.52. The number of ether oxygens (including phenoxy) is 2. The van der Waals surface area contributed by atoms with Crippen LogP contribution in [0.2, 0.25) is 0 Å². The Morgan fingerprint density at radius 2 is 1.94 bits per heavy atom. The van der Waals surface area contributed by atoms with Crippen molar-refractivity contribution in [1.82, 2.24) is 5.32 Å². The van der Waals surface area contributed by atoms with Gasteiger partial charge < -0.3 is 14.8 Å².